The van der Waals surface area contributed by atoms with Crippen LogP contribution in [-0.4, -0.2) is 25.0 Å². The van der Waals surface area contributed by atoms with Crippen molar-refractivity contribution < 1.29 is 18.7 Å². The predicted octanol–water partition coefficient (Wildman–Crippen LogP) is 2.27. The molecule has 2 N–H and O–H groups in total. The Hall–Kier alpha value is -2.89. The van der Waals surface area contributed by atoms with Gasteiger partial charge in [0.1, 0.15) is 6.61 Å². The summed E-state index contributed by atoms with van der Waals surface area (Å²) in [4.78, 5) is 22.8. The van der Waals surface area contributed by atoms with Gasteiger partial charge in [0.2, 0.25) is 5.91 Å². The van der Waals surface area contributed by atoms with Gasteiger partial charge in [-0.25, -0.2) is 4.39 Å². The van der Waals surface area contributed by atoms with Crippen LogP contribution in [0.25, 0.3) is 0 Å². The molecule has 2 aromatic rings. The van der Waals surface area contributed by atoms with Crippen LogP contribution < -0.4 is 15.4 Å². The standard InChI is InChI=1S/C18H19FN2O3/c1-13(22)21-12-14-6-8-15(9-7-14)18(23)20-10-11-24-17-5-3-2-4-16(17)19/h2-9H,10-12H2,1H3,(H,20,23)(H,21,22). The molecule has 0 fully saturated rings. The molecule has 0 radical (unpaired) electrons. The monoisotopic (exact) mass is 330 g/mol. The van der Waals surface area contributed by atoms with Crippen molar-refractivity contribution in [2.24, 2.45) is 0 Å². The van der Waals surface area contributed by atoms with Crippen molar-refractivity contribution in [3.05, 3.63) is 65.5 Å². The zero-order chi connectivity index (χ0) is 17.4. The highest BCUT2D eigenvalue weighted by atomic mass is 19.1. The van der Waals surface area contributed by atoms with Gasteiger partial charge in [0.05, 0.1) is 6.54 Å². The van der Waals surface area contributed by atoms with Crippen molar-refractivity contribution in [1.82, 2.24) is 10.6 Å². The number of carbonyl (C=O) groups is 2. The molecule has 6 heteroatoms. The van der Waals surface area contributed by atoms with Crippen LogP contribution in [0.5, 0.6) is 5.75 Å². The van der Waals surface area contributed by atoms with Crippen molar-refractivity contribution >= 4 is 11.8 Å². The summed E-state index contributed by atoms with van der Waals surface area (Å²) < 4.78 is 18.6. The Morgan fingerprint density at radius 2 is 1.75 bits per heavy atom. The van der Waals surface area contributed by atoms with E-state index in [0.29, 0.717) is 12.1 Å². The molecule has 0 aromatic heterocycles. The van der Waals surface area contributed by atoms with Gasteiger partial charge in [0, 0.05) is 19.0 Å². The summed E-state index contributed by atoms with van der Waals surface area (Å²) in [6.07, 6.45) is 0. The second-order valence-electron chi connectivity index (χ2n) is 5.14. The van der Waals surface area contributed by atoms with Gasteiger partial charge in [-0.3, -0.25) is 9.59 Å². The molecule has 0 bridgehead atoms. The minimum absolute atomic E-state index is 0.105. The number of para-hydroxylation sites is 1. The number of hydrogen-bond donors (Lipinski definition) is 2. The molecular formula is C18H19FN2O3. The van der Waals surface area contributed by atoms with Crippen LogP contribution in [0.4, 0.5) is 4.39 Å². The van der Waals surface area contributed by atoms with E-state index in [1.807, 2.05) is 0 Å². The summed E-state index contributed by atoms with van der Waals surface area (Å²) in [5.74, 6) is -0.613. The molecule has 2 rings (SSSR count). The molecule has 2 amide bonds. The van der Waals surface area contributed by atoms with Gasteiger partial charge >= 0.3 is 0 Å². The normalized spacial score (nSPS) is 10.1. The smallest absolute Gasteiger partial charge is 0.251 e. The second kappa shape index (κ2) is 8.67. The molecule has 0 aliphatic heterocycles. The minimum Gasteiger partial charge on any atom is -0.489 e. The van der Waals surface area contributed by atoms with Crippen LogP contribution in [0.1, 0.15) is 22.8 Å². The number of halogens is 1. The number of benzene rings is 2. The molecular weight excluding hydrogens is 311 g/mol. The van der Waals surface area contributed by atoms with E-state index in [1.54, 1.807) is 36.4 Å². The number of hydrogen-bond acceptors (Lipinski definition) is 3. The van der Waals surface area contributed by atoms with E-state index in [-0.39, 0.29) is 30.7 Å². The number of rotatable bonds is 7. The summed E-state index contributed by atoms with van der Waals surface area (Å²) in [6.45, 7) is 2.31. The summed E-state index contributed by atoms with van der Waals surface area (Å²) in [6, 6.07) is 13.0. The minimum atomic E-state index is -0.432. The SMILES string of the molecule is CC(=O)NCc1ccc(C(=O)NCCOc2ccccc2F)cc1. The van der Waals surface area contributed by atoms with Gasteiger partial charge in [-0.1, -0.05) is 24.3 Å². The third kappa shape index (κ3) is 5.39. The van der Waals surface area contributed by atoms with Crippen LogP contribution in [-0.2, 0) is 11.3 Å². The van der Waals surface area contributed by atoms with Gasteiger partial charge < -0.3 is 15.4 Å². The Balaban J connectivity index is 1.76. The van der Waals surface area contributed by atoms with E-state index in [2.05, 4.69) is 10.6 Å². The molecule has 0 atom stereocenters. The third-order valence-corrected chi connectivity index (χ3v) is 3.24. The average molecular weight is 330 g/mol. The number of ether oxygens (including phenoxy) is 1. The van der Waals surface area contributed by atoms with E-state index in [1.165, 1.54) is 19.1 Å². The van der Waals surface area contributed by atoms with E-state index >= 15 is 0 Å². The number of nitrogens with one attached hydrogen (secondary N) is 2. The molecule has 0 heterocycles. The van der Waals surface area contributed by atoms with E-state index in [4.69, 9.17) is 4.74 Å². The second-order valence-corrected chi connectivity index (χ2v) is 5.14. The quantitative estimate of drug-likeness (QED) is 0.765. The lowest BCUT2D eigenvalue weighted by atomic mass is 10.1. The van der Waals surface area contributed by atoms with E-state index in [0.717, 1.165) is 5.56 Å². The lowest BCUT2D eigenvalue weighted by molar-refractivity contribution is -0.119. The molecule has 0 unspecified atom stereocenters. The van der Waals surface area contributed by atoms with Gasteiger partial charge in [-0.15, -0.1) is 0 Å². The van der Waals surface area contributed by atoms with Crippen LogP contribution in [0.2, 0.25) is 0 Å². The summed E-state index contributed by atoms with van der Waals surface area (Å²) in [7, 11) is 0. The molecule has 2 aromatic carbocycles. The van der Waals surface area contributed by atoms with Gasteiger partial charge in [-0.2, -0.15) is 0 Å². The first-order valence-corrected chi connectivity index (χ1v) is 7.55. The third-order valence-electron chi connectivity index (χ3n) is 3.24. The first-order valence-electron chi connectivity index (χ1n) is 7.55. The molecule has 0 saturated heterocycles. The molecule has 0 aliphatic carbocycles. The molecule has 126 valence electrons. The van der Waals surface area contributed by atoms with Crippen LogP contribution in [0, 0.1) is 5.82 Å². The fraction of sp³-hybridized carbons (Fsp3) is 0.222. The Labute approximate surface area is 139 Å². The van der Waals surface area contributed by atoms with Crippen LogP contribution in [0.15, 0.2) is 48.5 Å². The average Bonchev–Trinajstić information content (AvgIpc) is 2.58. The Morgan fingerprint density at radius 1 is 1.04 bits per heavy atom. The maximum atomic E-state index is 13.4. The molecule has 5 nitrogen and oxygen atoms in total. The first kappa shape index (κ1) is 17.5. The van der Waals surface area contributed by atoms with Crippen LogP contribution >= 0.6 is 0 Å². The van der Waals surface area contributed by atoms with Crippen molar-refractivity contribution in [2.45, 2.75) is 13.5 Å². The molecule has 24 heavy (non-hydrogen) atoms. The summed E-state index contributed by atoms with van der Waals surface area (Å²) in [5.41, 5.74) is 1.41. The largest absolute Gasteiger partial charge is 0.489 e. The summed E-state index contributed by atoms with van der Waals surface area (Å²) in [5, 5.41) is 5.39. The Kier molecular flexibility index (Phi) is 6.31. The topological polar surface area (TPSA) is 67.4 Å². The fourth-order valence-electron chi connectivity index (χ4n) is 1.99. The van der Waals surface area contributed by atoms with Crippen LogP contribution in [0.3, 0.4) is 0 Å². The highest BCUT2D eigenvalue weighted by molar-refractivity contribution is 5.94. The summed E-state index contributed by atoms with van der Waals surface area (Å²) >= 11 is 0. The van der Waals surface area contributed by atoms with Gasteiger partial charge in [-0.05, 0) is 29.8 Å². The molecule has 0 saturated carbocycles. The lowest BCUT2D eigenvalue weighted by Crippen LogP contribution is -2.28. The van der Waals surface area contributed by atoms with Gasteiger partial charge in [0.15, 0.2) is 11.6 Å². The van der Waals surface area contributed by atoms with Crippen molar-refractivity contribution in [3.63, 3.8) is 0 Å². The first-order chi connectivity index (χ1) is 11.6. The van der Waals surface area contributed by atoms with Crippen molar-refractivity contribution in [1.29, 1.82) is 0 Å². The van der Waals surface area contributed by atoms with E-state index < -0.39 is 5.82 Å². The highest BCUT2D eigenvalue weighted by Gasteiger charge is 2.06. The maximum absolute atomic E-state index is 13.4. The van der Waals surface area contributed by atoms with Gasteiger partial charge in [0.25, 0.3) is 5.91 Å². The van der Waals surface area contributed by atoms with Crippen molar-refractivity contribution in [3.8, 4) is 5.75 Å². The highest BCUT2D eigenvalue weighted by Crippen LogP contribution is 2.14. The zero-order valence-corrected chi connectivity index (χ0v) is 13.3. The number of carbonyl (C=O) groups excluding carboxylic acids is 2. The van der Waals surface area contributed by atoms with E-state index in [9.17, 15) is 14.0 Å². The predicted molar refractivity (Wildman–Crippen MR) is 88.2 cm³/mol. The fourth-order valence-corrected chi connectivity index (χ4v) is 1.99. The Bertz CT molecular complexity index is 702. The Morgan fingerprint density at radius 3 is 2.42 bits per heavy atom. The van der Waals surface area contributed by atoms with Crippen molar-refractivity contribution in [2.75, 3.05) is 13.2 Å². The zero-order valence-electron chi connectivity index (χ0n) is 13.3. The maximum Gasteiger partial charge on any atom is 0.251 e. The lowest BCUT2D eigenvalue weighted by Gasteiger charge is -2.09. The molecule has 0 spiro atoms. The molecule has 0 aliphatic rings. The number of amides is 2.